The fourth-order valence-corrected chi connectivity index (χ4v) is 0. The SMILES string of the molecule is C.C.C.C.C.CC.CC.CC.CC(C)C. The molecule has 108 valence electrons. The van der Waals surface area contributed by atoms with Crippen molar-refractivity contribution in [3.8, 4) is 0 Å². The van der Waals surface area contributed by atoms with Crippen molar-refractivity contribution in [2.24, 2.45) is 5.92 Å². The van der Waals surface area contributed by atoms with Gasteiger partial charge in [0.1, 0.15) is 0 Å². The Morgan fingerprint density at radius 3 is 0.400 bits per heavy atom. The van der Waals surface area contributed by atoms with E-state index >= 15 is 0 Å². The van der Waals surface area contributed by atoms with Crippen molar-refractivity contribution in [2.75, 3.05) is 0 Å². The lowest BCUT2D eigenvalue weighted by Crippen LogP contribution is -1.66. The highest BCUT2D eigenvalue weighted by Crippen LogP contribution is 1.81. The predicted octanol–water partition coefficient (Wildman–Crippen LogP) is 7.92. The molecule has 0 unspecified atom stereocenters. The lowest BCUT2D eigenvalue weighted by molar-refractivity contribution is 0.737. The van der Waals surface area contributed by atoms with Gasteiger partial charge in [-0.2, -0.15) is 0 Å². The first kappa shape index (κ1) is 81.7. The largest absolute Gasteiger partial charge is 0.0776 e. The number of hydrogen-bond acceptors (Lipinski definition) is 0. The van der Waals surface area contributed by atoms with Gasteiger partial charge in [-0.3, -0.25) is 0 Å². The summed E-state index contributed by atoms with van der Waals surface area (Å²) >= 11 is 0. The topological polar surface area (TPSA) is 0 Å². The van der Waals surface area contributed by atoms with E-state index in [1.54, 1.807) is 0 Å². The molecule has 0 aromatic heterocycles. The average molecular weight is 229 g/mol. The quantitative estimate of drug-likeness (QED) is 0.395. The molecule has 0 amide bonds. The molecular weight excluding hydrogens is 180 g/mol. The fourth-order valence-electron chi connectivity index (χ4n) is 0. The molecule has 0 heteroatoms. The number of hydrogen-bond donors (Lipinski definition) is 0. The maximum absolute atomic E-state index is 2.17. The van der Waals surface area contributed by atoms with Gasteiger partial charge in [-0.1, -0.05) is 99.4 Å². The molecule has 0 saturated heterocycles. The highest BCUT2D eigenvalue weighted by Gasteiger charge is 1.68. The van der Waals surface area contributed by atoms with Crippen LogP contribution in [0.4, 0.5) is 0 Å². The Morgan fingerprint density at radius 1 is 0.400 bits per heavy atom. The summed E-state index contributed by atoms with van der Waals surface area (Å²) in [6.07, 6.45) is 0. The highest BCUT2D eigenvalue weighted by atomic mass is 13.7. The lowest BCUT2D eigenvalue weighted by Gasteiger charge is -1.79. The average Bonchev–Trinajstić information content (AvgIpc) is 1.98. The second kappa shape index (κ2) is 263. The Hall–Kier alpha value is 0. The second-order valence-electron chi connectivity index (χ2n) is 1.73. The van der Waals surface area contributed by atoms with E-state index < -0.39 is 0 Å². The minimum Gasteiger partial charge on any atom is -0.0776 e. The maximum Gasteiger partial charge on any atom is -0.0500 e. The summed E-state index contributed by atoms with van der Waals surface area (Å²) in [6.45, 7) is 18.5. The molecule has 0 aliphatic carbocycles. The zero-order chi connectivity index (χ0) is 9.58. The van der Waals surface area contributed by atoms with Gasteiger partial charge in [0.25, 0.3) is 0 Å². The Labute approximate surface area is 106 Å². The molecule has 0 aromatic carbocycles. The summed E-state index contributed by atoms with van der Waals surface area (Å²) in [5.74, 6) is 0.833. The molecule has 0 saturated carbocycles. The van der Waals surface area contributed by atoms with Crippen LogP contribution in [0.5, 0.6) is 0 Å². The molecule has 0 heterocycles. The summed E-state index contributed by atoms with van der Waals surface area (Å²) in [7, 11) is 0. The van der Waals surface area contributed by atoms with Gasteiger partial charge in [0.15, 0.2) is 0 Å². The fraction of sp³-hybridized carbons (Fsp3) is 1.00. The van der Waals surface area contributed by atoms with Crippen molar-refractivity contribution >= 4 is 0 Å². The van der Waals surface area contributed by atoms with E-state index in [1.165, 1.54) is 0 Å². The van der Waals surface area contributed by atoms with E-state index in [0.29, 0.717) is 0 Å². The lowest BCUT2D eigenvalue weighted by atomic mass is 10.3. The molecule has 0 aromatic rings. The number of rotatable bonds is 0. The van der Waals surface area contributed by atoms with Crippen molar-refractivity contribution in [3.63, 3.8) is 0 Å². The molecule has 0 nitrogen and oxygen atoms in total. The van der Waals surface area contributed by atoms with E-state index in [4.69, 9.17) is 0 Å². The molecule has 0 radical (unpaired) electrons. The molecule has 0 spiro atoms. The Balaban J connectivity index is -0.00000000432. The van der Waals surface area contributed by atoms with Crippen molar-refractivity contribution in [3.05, 3.63) is 0 Å². The minimum absolute atomic E-state index is 0. The molecular formula is C15H48. The van der Waals surface area contributed by atoms with E-state index in [9.17, 15) is 0 Å². The Morgan fingerprint density at radius 2 is 0.400 bits per heavy atom. The molecule has 0 aliphatic rings. The van der Waals surface area contributed by atoms with Crippen LogP contribution in [0.25, 0.3) is 0 Å². The van der Waals surface area contributed by atoms with Gasteiger partial charge in [0, 0.05) is 0 Å². The van der Waals surface area contributed by atoms with E-state index in [1.807, 2.05) is 41.5 Å². The normalized spacial score (nSPS) is 3.60. The van der Waals surface area contributed by atoms with Gasteiger partial charge in [0.05, 0.1) is 0 Å². The van der Waals surface area contributed by atoms with E-state index in [2.05, 4.69) is 20.8 Å². The first-order valence-corrected chi connectivity index (χ1v) is 4.73. The Kier molecular flexibility index (Phi) is 1430. The maximum atomic E-state index is 2.17. The molecule has 0 aliphatic heterocycles. The van der Waals surface area contributed by atoms with Crippen molar-refractivity contribution in [2.45, 2.75) is 99.4 Å². The molecule has 0 rings (SSSR count). The third-order valence-corrected chi connectivity index (χ3v) is 0. The minimum atomic E-state index is 0. The van der Waals surface area contributed by atoms with Gasteiger partial charge >= 0.3 is 0 Å². The van der Waals surface area contributed by atoms with Gasteiger partial charge in [-0.05, 0) is 5.92 Å². The van der Waals surface area contributed by atoms with E-state index in [0.717, 1.165) is 5.92 Å². The highest BCUT2D eigenvalue weighted by molar-refractivity contribution is 4.20. The molecule has 0 N–H and O–H groups in total. The van der Waals surface area contributed by atoms with Crippen LogP contribution in [-0.4, -0.2) is 0 Å². The molecule has 0 fully saturated rings. The van der Waals surface area contributed by atoms with Crippen LogP contribution in [0.2, 0.25) is 0 Å². The standard InChI is InChI=1S/C4H10.3C2H6.5CH4/c1-4(2)3;3*1-2;;;;;/h4H,1-3H3;3*1-2H3;5*1H4. The van der Waals surface area contributed by atoms with Gasteiger partial charge in [-0.25, -0.2) is 0 Å². The van der Waals surface area contributed by atoms with Crippen LogP contribution < -0.4 is 0 Å². The van der Waals surface area contributed by atoms with Gasteiger partial charge in [0.2, 0.25) is 0 Å². The van der Waals surface area contributed by atoms with Crippen LogP contribution in [0.15, 0.2) is 0 Å². The van der Waals surface area contributed by atoms with Crippen LogP contribution in [0.1, 0.15) is 99.4 Å². The summed E-state index contributed by atoms with van der Waals surface area (Å²) in [4.78, 5) is 0. The van der Waals surface area contributed by atoms with E-state index in [-0.39, 0.29) is 37.1 Å². The molecule has 15 heavy (non-hydrogen) atoms. The zero-order valence-electron chi connectivity index (χ0n) is 9.58. The second-order valence-corrected chi connectivity index (χ2v) is 1.73. The summed E-state index contributed by atoms with van der Waals surface area (Å²) < 4.78 is 0. The third-order valence-electron chi connectivity index (χ3n) is 0. The van der Waals surface area contributed by atoms with Crippen LogP contribution in [0, 0.1) is 5.92 Å². The van der Waals surface area contributed by atoms with Crippen molar-refractivity contribution in [1.29, 1.82) is 0 Å². The Bertz CT molecular complexity index is 4.75. The van der Waals surface area contributed by atoms with Gasteiger partial charge in [-0.15, -0.1) is 0 Å². The van der Waals surface area contributed by atoms with Crippen LogP contribution in [0.3, 0.4) is 0 Å². The summed E-state index contributed by atoms with van der Waals surface area (Å²) in [5.41, 5.74) is 0. The van der Waals surface area contributed by atoms with Gasteiger partial charge < -0.3 is 0 Å². The first-order valence-electron chi connectivity index (χ1n) is 4.73. The van der Waals surface area contributed by atoms with Crippen LogP contribution >= 0.6 is 0 Å². The monoisotopic (exact) mass is 228 g/mol. The predicted molar refractivity (Wildman–Crippen MR) is 88.2 cm³/mol. The van der Waals surface area contributed by atoms with Crippen LogP contribution in [-0.2, 0) is 0 Å². The third kappa shape index (κ3) is 0. The summed E-state index contributed by atoms with van der Waals surface area (Å²) in [6, 6.07) is 0. The zero-order valence-corrected chi connectivity index (χ0v) is 9.58. The summed E-state index contributed by atoms with van der Waals surface area (Å²) in [5, 5.41) is 0. The molecule has 0 atom stereocenters. The smallest absolute Gasteiger partial charge is 0.0500 e. The van der Waals surface area contributed by atoms with Crippen molar-refractivity contribution in [1.82, 2.24) is 0 Å². The molecule has 0 bridgehead atoms. The van der Waals surface area contributed by atoms with Crippen molar-refractivity contribution < 1.29 is 0 Å². The first-order chi connectivity index (χ1) is 4.73.